The summed E-state index contributed by atoms with van der Waals surface area (Å²) in [6.07, 6.45) is 16.7. The molecule has 0 spiro atoms. The summed E-state index contributed by atoms with van der Waals surface area (Å²) in [6, 6.07) is 4.66. The van der Waals surface area contributed by atoms with Crippen LogP contribution >= 0.6 is 0 Å². The van der Waals surface area contributed by atoms with Crippen molar-refractivity contribution in [1.29, 1.82) is 0 Å². The maximum atomic E-state index is 14.4. The molecule has 5 fully saturated rings. The first-order valence-electron chi connectivity index (χ1n) is 30.1. The van der Waals surface area contributed by atoms with Gasteiger partial charge in [-0.2, -0.15) is 0 Å². The molecule has 6 amide bonds. The second kappa shape index (κ2) is 27.1. The van der Waals surface area contributed by atoms with Crippen molar-refractivity contribution in [3.05, 3.63) is 48.0 Å². The molecule has 2 aliphatic carbocycles. The minimum Gasteiger partial charge on any atom is -0.467 e. The van der Waals surface area contributed by atoms with Crippen LogP contribution < -0.4 is 21.3 Å². The Labute approximate surface area is 482 Å². The quantitative estimate of drug-likeness (QED) is 0.119. The number of carbonyl (C=O) groups is 8. The summed E-state index contributed by atoms with van der Waals surface area (Å²) in [5.41, 5.74) is -1.21. The number of esters is 2. The molecule has 1 aromatic carbocycles. The van der Waals surface area contributed by atoms with Gasteiger partial charge in [0.05, 0.1) is 14.2 Å². The van der Waals surface area contributed by atoms with Crippen LogP contribution in [0, 0.1) is 45.3 Å². The number of piperidine rings is 2. The number of hydrogen-bond acceptors (Lipinski definition) is 12. The standard InChI is InChI=1S/C33H47N3O6.C30H51N3O6/c1-32(2)19-15-10-8-6-7-9-14-18-24(30(39)41-5)34-28(37)26-25-23(33(25,3)4)20-36(26)29(38)27(32)35-31(40)42-21-22-16-12-11-13-17-22;1-28(2,3)39-27(37)32-23-25(35)33-18-19-21(30(19,6)7)22(33)24(34)31-20(26(36)38-8)16-14-12-10-9-11-13-15-17-29(23,4)5/h6,8,11-13,16-17,23-27H,7,9-10,14-15,18-21H2,1-5H3,(H,34,37)(H,35,40);19-23H,9-18H2,1-8H3,(H,31,34)(H,32,37)/t23?,24-,25-,26-,27+;19?,20-,21-,22-,23+/m00/s1. The number of benzene rings is 1. The van der Waals surface area contributed by atoms with Crippen LogP contribution in [0.1, 0.15) is 184 Å². The van der Waals surface area contributed by atoms with E-state index in [0.29, 0.717) is 32.4 Å². The van der Waals surface area contributed by atoms with Crippen LogP contribution in [0.25, 0.3) is 0 Å². The fraction of sp³-hybridized carbons (Fsp3) is 0.746. The third-order valence-electron chi connectivity index (χ3n) is 18.6. The van der Waals surface area contributed by atoms with Gasteiger partial charge in [-0.05, 0) is 123 Å². The Hall–Kier alpha value is -5.68. The lowest BCUT2D eigenvalue weighted by molar-refractivity contribution is -0.148. The van der Waals surface area contributed by atoms with Crippen LogP contribution in [0.2, 0.25) is 0 Å². The monoisotopic (exact) mass is 1130 g/mol. The number of ether oxygens (including phenoxy) is 4. The molecule has 4 heterocycles. The minimum absolute atomic E-state index is 0.00730. The lowest BCUT2D eigenvalue weighted by Gasteiger charge is -2.39. The van der Waals surface area contributed by atoms with Crippen molar-refractivity contribution in [2.24, 2.45) is 45.3 Å². The number of methoxy groups -OCH3 is 2. The van der Waals surface area contributed by atoms with E-state index in [1.807, 2.05) is 58.0 Å². The van der Waals surface area contributed by atoms with Gasteiger partial charge in [0.1, 0.15) is 48.5 Å². The molecule has 4 N–H and O–H groups in total. The van der Waals surface area contributed by atoms with Gasteiger partial charge in [-0.15, -0.1) is 0 Å². The van der Waals surface area contributed by atoms with Crippen LogP contribution in [0.15, 0.2) is 42.5 Å². The van der Waals surface area contributed by atoms with Gasteiger partial charge < -0.3 is 50.0 Å². The van der Waals surface area contributed by atoms with Gasteiger partial charge in [-0.3, -0.25) is 19.2 Å². The van der Waals surface area contributed by atoms with Crippen LogP contribution in [0.4, 0.5) is 9.59 Å². The highest BCUT2D eigenvalue weighted by atomic mass is 16.6. The molecule has 18 nitrogen and oxygen atoms in total. The number of carbonyl (C=O) groups excluding carboxylic acids is 8. The van der Waals surface area contributed by atoms with Gasteiger partial charge >= 0.3 is 24.1 Å². The summed E-state index contributed by atoms with van der Waals surface area (Å²) in [5.74, 6) is -1.87. The number of fused-ring (bicyclic) bond motifs is 6. The molecular weight excluding hydrogens is 1030 g/mol. The van der Waals surface area contributed by atoms with Crippen LogP contribution in [0.5, 0.6) is 0 Å². The van der Waals surface area contributed by atoms with E-state index in [1.54, 1.807) is 30.6 Å². The molecule has 0 aromatic heterocycles. The third-order valence-corrected chi connectivity index (χ3v) is 18.6. The second-order valence-corrected chi connectivity index (χ2v) is 27.3. The van der Waals surface area contributed by atoms with Gasteiger partial charge in [-0.25, -0.2) is 19.2 Å². The van der Waals surface area contributed by atoms with E-state index in [1.165, 1.54) is 14.2 Å². The predicted octanol–water partition coefficient (Wildman–Crippen LogP) is 9.32. The maximum absolute atomic E-state index is 14.4. The molecule has 18 heteroatoms. The van der Waals surface area contributed by atoms with Crippen molar-refractivity contribution in [2.45, 2.75) is 227 Å². The summed E-state index contributed by atoms with van der Waals surface area (Å²) in [6.45, 7) is 22.8. The number of rotatable bonds is 6. The average molecular weight is 1130 g/mol. The fourth-order valence-corrected chi connectivity index (χ4v) is 13.4. The normalized spacial score (nSPS) is 30.5. The Morgan fingerprint density at radius 3 is 1.47 bits per heavy atom. The Balaban J connectivity index is 0.000000262. The van der Waals surface area contributed by atoms with Crippen LogP contribution in [0.3, 0.4) is 0 Å². The van der Waals surface area contributed by atoms with Crippen molar-refractivity contribution >= 4 is 47.8 Å². The Morgan fingerprint density at radius 2 is 1.00 bits per heavy atom. The second-order valence-electron chi connectivity index (χ2n) is 27.3. The highest BCUT2D eigenvalue weighted by Gasteiger charge is 2.71. The molecular formula is C63H98N6O12. The first-order chi connectivity index (χ1) is 38.1. The number of allylic oxidation sites excluding steroid dienone is 2. The zero-order valence-electron chi connectivity index (χ0n) is 51.0. The van der Waals surface area contributed by atoms with Crippen molar-refractivity contribution in [3.8, 4) is 0 Å². The molecule has 10 atom stereocenters. The summed E-state index contributed by atoms with van der Waals surface area (Å²) in [5, 5.41) is 11.6. The van der Waals surface area contributed by atoms with E-state index in [9.17, 15) is 38.4 Å². The third kappa shape index (κ3) is 16.3. The lowest BCUT2D eigenvalue weighted by atomic mass is 9.78. The number of hydrogen-bond donors (Lipinski definition) is 4. The van der Waals surface area contributed by atoms with E-state index in [0.717, 1.165) is 89.0 Å². The molecule has 81 heavy (non-hydrogen) atoms. The van der Waals surface area contributed by atoms with Gasteiger partial charge in [0.2, 0.25) is 23.6 Å². The summed E-state index contributed by atoms with van der Waals surface area (Å²) < 4.78 is 21.1. The maximum Gasteiger partial charge on any atom is 0.408 e. The summed E-state index contributed by atoms with van der Waals surface area (Å²) in [7, 11) is 2.65. The topological polar surface area (TPSA) is 228 Å². The molecule has 0 radical (unpaired) electrons. The first kappa shape index (κ1) is 64.5. The van der Waals surface area contributed by atoms with Gasteiger partial charge in [0.15, 0.2) is 0 Å². The largest absolute Gasteiger partial charge is 0.467 e. The molecule has 7 rings (SSSR count). The van der Waals surface area contributed by atoms with E-state index >= 15 is 0 Å². The van der Waals surface area contributed by atoms with Gasteiger partial charge in [-0.1, -0.05) is 149 Å². The Kier molecular flexibility index (Phi) is 21.6. The lowest BCUT2D eigenvalue weighted by Crippen LogP contribution is -2.61. The van der Waals surface area contributed by atoms with E-state index < -0.39 is 76.8 Å². The highest BCUT2D eigenvalue weighted by Crippen LogP contribution is 2.66. The Bertz CT molecular complexity index is 2410. The zero-order chi connectivity index (χ0) is 59.7. The molecule has 0 bridgehead atoms. The van der Waals surface area contributed by atoms with Gasteiger partial charge in [0.25, 0.3) is 0 Å². The zero-order valence-corrected chi connectivity index (χ0v) is 51.0. The fourth-order valence-electron chi connectivity index (χ4n) is 13.4. The smallest absolute Gasteiger partial charge is 0.408 e. The van der Waals surface area contributed by atoms with Crippen LogP contribution in [-0.2, 0) is 54.3 Å². The van der Waals surface area contributed by atoms with Crippen molar-refractivity contribution in [1.82, 2.24) is 31.1 Å². The number of amides is 6. The van der Waals surface area contributed by atoms with E-state index in [-0.39, 0.29) is 64.7 Å². The molecule has 3 saturated heterocycles. The van der Waals surface area contributed by atoms with Crippen molar-refractivity contribution in [3.63, 3.8) is 0 Å². The number of nitrogens with one attached hydrogen (secondary N) is 4. The first-order valence-corrected chi connectivity index (χ1v) is 30.1. The van der Waals surface area contributed by atoms with E-state index in [4.69, 9.17) is 18.9 Å². The Morgan fingerprint density at radius 1 is 0.580 bits per heavy atom. The summed E-state index contributed by atoms with van der Waals surface area (Å²) in [4.78, 5) is 111. The highest BCUT2D eigenvalue weighted by molar-refractivity contribution is 5.96. The molecule has 2 unspecified atom stereocenters. The summed E-state index contributed by atoms with van der Waals surface area (Å²) >= 11 is 0. The predicted molar refractivity (Wildman–Crippen MR) is 308 cm³/mol. The van der Waals surface area contributed by atoms with Crippen molar-refractivity contribution in [2.75, 3.05) is 27.3 Å². The molecule has 1 aromatic rings. The van der Waals surface area contributed by atoms with E-state index in [2.05, 4.69) is 61.1 Å². The average Bonchev–Trinajstić information content (AvgIpc) is 2.47. The number of nitrogens with zero attached hydrogens (tertiary/aromatic N) is 2. The van der Waals surface area contributed by atoms with Crippen LogP contribution in [-0.4, -0.2) is 127 Å². The van der Waals surface area contributed by atoms with Gasteiger partial charge in [0, 0.05) is 13.1 Å². The molecule has 2 saturated carbocycles. The van der Waals surface area contributed by atoms with Crippen molar-refractivity contribution < 1.29 is 57.3 Å². The molecule has 6 aliphatic rings. The number of alkyl carbamates (subject to hydrolysis) is 2. The molecule has 4 aliphatic heterocycles. The SMILES string of the molecule is COC(=O)[C@@H]1CCCCC=CCCCC(C)(C)[C@H](NC(=O)OCc2ccccc2)C(=O)N2CC3[C@@H]([C@H]2C(=O)N1)C3(C)C.COC(=O)[C@@H]1CCCCCCCCCC(C)(C)[C@H](NC(=O)OC(C)(C)C)C(=O)N2CC3[C@@H]([C@H]2C(=O)N1)C3(C)C. The minimum atomic E-state index is -0.896. The molecule has 452 valence electrons.